The third-order valence-electron chi connectivity index (χ3n) is 5.31. The number of ether oxygens (including phenoxy) is 2. The average Bonchev–Trinajstić information content (AvgIpc) is 3.01. The van der Waals surface area contributed by atoms with E-state index in [0.29, 0.717) is 17.0 Å². The highest BCUT2D eigenvalue weighted by molar-refractivity contribution is 6.06. The fraction of sp³-hybridized carbons (Fsp3) is 0.292. The third kappa shape index (κ3) is 4.27. The Morgan fingerprint density at radius 3 is 2.73 bits per heavy atom. The number of nitrogens with zero attached hydrogens (tertiary/aromatic N) is 1. The zero-order valence-corrected chi connectivity index (χ0v) is 16.9. The fourth-order valence-corrected chi connectivity index (χ4v) is 3.88. The summed E-state index contributed by atoms with van der Waals surface area (Å²) in [5.41, 5.74) is 3.85. The van der Waals surface area contributed by atoms with E-state index >= 15 is 0 Å². The molecule has 4 rings (SSSR count). The van der Waals surface area contributed by atoms with Gasteiger partial charge in [0.25, 0.3) is 5.91 Å². The fourth-order valence-electron chi connectivity index (χ4n) is 3.88. The van der Waals surface area contributed by atoms with E-state index in [1.54, 1.807) is 31.4 Å². The van der Waals surface area contributed by atoms with E-state index in [2.05, 4.69) is 5.32 Å². The van der Waals surface area contributed by atoms with Gasteiger partial charge in [0.05, 0.1) is 18.2 Å². The lowest BCUT2D eigenvalue weighted by Gasteiger charge is -2.15. The van der Waals surface area contributed by atoms with Gasteiger partial charge in [-0.15, -0.1) is 0 Å². The zero-order chi connectivity index (χ0) is 20.9. The minimum atomic E-state index is -0.479. The van der Waals surface area contributed by atoms with Crippen LogP contribution in [0.2, 0.25) is 0 Å². The smallest absolute Gasteiger partial charge is 0.339 e. The van der Waals surface area contributed by atoms with Gasteiger partial charge < -0.3 is 14.8 Å². The zero-order valence-electron chi connectivity index (χ0n) is 16.9. The van der Waals surface area contributed by atoms with Gasteiger partial charge in [0.1, 0.15) is 5.75 Å². The molecule has 30 heavy (non-hydrogen) atoms. The van der Waals surface area contributed by atoms with Crippen molar-refractivity contribution in [3.63, 3.8) is 0 Å². The molecule has 3 aromatic rings. The highest BCUT2D eigenvalue weighted by Gasteiger charge is 2.23. The molecule has 0 aliphatic heterocycles. The summed E-state index contributed by atoms with van der Waals surface area (Å²) in [6.07, 6.45) is 4.86. The Labute approximate surface area is 175 Å². The lowest BCUT2D eigenvalue weighted by Crippen LogP contribution is -2.22. The van der Waals surface area contributed by atoms with Crippen LogP contribution < -0.4 is 10.1 Å². The minimum Gasteiger partial charge on any atom is -0.497 e. The SMILES string of the molecule is COc1cccc(NC(=O)COC(=O)c2c3c(nc4ccccc24)CCCCC3)c1. The molecule has 0 bridgehead atoms. The predicted molar refractivity (Wildman–Crippen MR) is 115 cm³/mol. The first kappa shape index (κ1) is 19.9. The van der Waals surface area contributed by atoms with Gasteiger partial charge in [-0.2, -0.15) is 0 Å². The van der Waals surface area contributed by atoms with Gasteiger partial charge >= 0.3 is 5.97 Å². The number of nitrogens with one attached hydrogen (secondary N) is 1. The van der Waals surface area contributed by atoms with Crippen LogP contribution in [0, 0.1) is 0 Å². The van der Waals surface area contributed by atoms with Crippen LogP contribution in [0.25, 0.3) is 10.9 Å². The second kappa shape index (κ2) is 8.95. The van der Waals surface area contributed by atoms with Gasteiger partial charge in [-0.05, 0) is 49.4 Å². The molecule has 1 N–H and O–H groups in total. The lowest BCUT2D eigenvalue weighted by molar-refractivity contribution is -0.119. The number of carbonyl (C=O) groups excluding carboxylic acids is 2. The molecule has 0 saturated heterocycles. The van der Waals surface area contributed by atoms with Crippen molar-refractivity contribution in [1.29, 1.82) is 0 Å². The summed E-state index contributed by atoms with van der Waals surface area (Å²) in [6.45, 7) is -0.360. The molecule has 1 amide bonds. The van der Waals surface area contributed by atoms with Crippen molar-refractivity contribution in [3.8, 4) is 5.75 Å². The van der Waals surface area contributed by atoms with E-state index in [1.165, 1.54) is 0 Å². The van der Waals surface area contributed by atoms with Crippen molar-refractivity contribution in [1.82, 2.24) is 4.98 Å². The van der Waals surface area contributed by atoms with E-state index < -0.39 is 11.9 Å². The number of methoxy groups -OCH3 is 1. The second-order valence-electron chi connectivity index (χ2n) is 7.35. The molecular formula is C24H24N2O4. The van der Waals surface area contributed by atoms with Crippen LogP contribution in [0.15, 0.2) is 48.5 Å². The average molecular weight is 404 g/mol. The van der Waals surface area contributed by atoms with Gasteiger partial charge in [-0.3, -0.25) is 9.78 Å². The van der Waals surface area contributed by atoms with Crippen LogP contribution in [0.4, 0.5) is 5.69 Å². The molecule has 6 heteroatoms. The number of para-hydroxylation sites is 1. The number of pyridine rings is 1. The summed E-state index contributed by atoms with van der Waals surface area (Å²) >= 11 is 0. The molecule has 6 nitrogen and oxygen atoms in total. The van der Waals surface area contributed by atoms with Crippen LogP contribution >= 0.6 is 0 Å². The molecule has 0 unspecified atom stereocenters. The molecule has 0 atom stereocenters. The van der Waals surface area contributed by atoms with Gasteiger partial charge in [0, 0.05) is 22.8 Å². The molecule has 0 radical (unpaired) electrons. The Kier molecular flexibility index (Phi) is 5.93. The van der Waals surface area contributed by atoms with E-state index in [9.17, 15) is 9.59 Å². The van der Waals surface area contributed by atoms with Crippen molar-refractivity contribution in [2.75, 3.05) is 19.0 Å². The summed E-state index contributed by atoms with van der Waals surface area (Å²) in [7, 11) is 1.56. The van der Waals surface area contributed by atoms with E-state index in [4.69, 9.17) is 14.5 Å². The Bertz CT molecular complexity index is 1090. The maximum atomic E-state index is 13.1. The number of aromatic nitrogens is 1. The summed E-state index contributed by atoms with van der Waals surface area (Å²) in [4.78, 5) is 30.2. The minimum absolute atomic E-state index is 0.360. The Morgan fingerprint density at radius 1 is 1.03 bits per heavy atom. The van der Waals surface area contributed by atoms with Crippen molar-refractivity contribution in [2.45, 2.75) is 32.1 Å². The number of amides is 1. The van der Waals surface area contributed by atoms with Gasteiger partial charge in [-0.1, -0.05) is 30.7 Å². The molecule has 1 heterocycles. The molecule has 0 spiro atoms. The van der Waals surface area contributed by atoms with Gasteiger partial charge in [0.2, 0.25) is 0 Å². The van der Waals surface area contributed by atoms with Crippen LogP contribution in [0.3, 0.4) is 0 Å². The number of anilines is 1. The monoisotopic (exact) mass is 404 g/mol. The molecule has 1 aliphatic carbocycles. The molecular weight excluding hydrogens is 380 g/mol. The van der Waals surface area contributed by atoms with Crippen molar-refractivity contribution < 1.29 is 19.1 Å². The molecule has 1 aromatic heterocycles. The number of carbonyl (C=O) groups is 2. The highest BCUT2D eigenvalue weighted by Crippen LogP contribution is 2.29. The second-order valence-corrected chi connectivity index (χ2v) is 7.35. The maximum absolute atomic E-state index is 13.1. The molecule has 0 saturated carbocycles. The number of hydrogen-bond acceptors (Lipinski definition) is 5. The summed E-state index contributed by atoms with van der Waals surface area (Å²) in [5, 5.41) is 3.50. The Morgan fingerprint density at radius 2 is 1.87 bits per heavy atom. The van der Waals surface area contributed by atoms with Crippen LogP contribution in [0.5, 0.6) is 5.75 Å². The number of aryl methyl sites for hydroxylation is 1. The van der Waals surface area contributed by atoms with E-state index in [-0.39, 0.29) is 6.61 Å². The van der Waals surface area contributed by atoms with Crippen LogP contribution in [-0.2, 0) is 22.4 Å². The summed E-state index contributed by atoms with van der Waals surface area (Å²) in [6, 6.07) is 14.6. The van der Waals surface area contributed by atoms with Crippen molar-refractivity contribution >= 4 is 28.5 Å². The standard InChI is InChI=1S/C24H24N2O4/c1-29-17-9-7-8-16(14-17)25-22(27)15-30-24(28)23-18-10-3-2-4-12-20(18)26-21-13-6-5-11-19(21)23/h5-9,11,13-14H,2-4,10,12,15H2,1H3,(H,25,27). The number of hydrogen-bond donors (Lipinski definition) is 1. The van der Waals surface area contributed by atoms with Gasteiger partial charge in [-0.25, -0.2) is 4.79 Å². The summed E-state index contributed by atoms with van der Waals surface area (Å²) in [5.74, 6) is -0.246. The largest absolute Gasteiger partial charge is 0.497 e. The van der Waals surface area contributed by atoms with Gasteiger partial charge in [0.15, 0.2) is 6.61 Å². The highest BCUT2D eigenvalue weighted by atomic mass is 16.5. The first-order valence-electron chi connectivity index (χ1n) is 10.2. The third-order valence-corrected chi connectivity index (χ3v) is 5.31. The molecule has 154 valence electrons. The quantitative estimate of drug-likeness (QED) is 0.507. The Balaban J connectivity index is 1.54. The Hall–Kier alpha value is -3.41. The van der Waals surface area contributed by atoms with Crippen LogP contribution in [-0.4, -0.2) is 30.6 Å². The van der Waals surface area contributed by atoms with E-state index in [1.807, 2.05) is 24.3 Å². The maximum Gasteiger partial charge on any atom is 0.339 e. The van der Waals surface area contributed by atoms with Crippen molar-refractivity contribution in [3.05, 3.63) is 65.4 Å². The molecule has 0 fully saturated rings. The first-order chi connectivity index (χ1) is 14.7. The lowest BCUT2D eigenvalue weighted by atomic mass is 9.97. The predicted octanol–water partition coefficient (Wildman–Crippen LogP) is 4.31. The topological polar surface area (TPSA) is 77.5 Å². The molecule has 1 aliphatic rings. The number of fused-ring (bicyclic) bond motifs is 2. The number of rotatable bonds is 5. The summed E-state index contributed by atoms with van der Waals surface area (Å²) < 4.78 is 10.6. The number of benzene rings is 2. The van der Waals surface area contributed by atoms with Crippen LogP contribution in [0.1, 0.15) is 40.9 Å². The normalized spacial score (nSPS) is 13.2. The van der Waals surface area contributed by atoms with Crippen molar-refractivity contribution in [2.24, 2.45) is 0 Å². The first-order valence-corrected chi connectivity index (χ1v) is 10.2. The number of esters is 1. The molecule has 2 aromatic carbocycles. The van der Waals surface area contributed by atoms with E-state index in [0.717, 1.165) is 54.3 Å².